The van der Waals surface area contributed by atoms with Crippen LogP contribution in [0.25, 0.3) is 0 Å². The molecule has 1 heterocycles. The first-order valence-corrected chi connectivity index (χ1v) is 6.65. The van der Waals surface area contributed by atoms with Crippen molar-refractivity contribution < 1.29 is 14.3 Å². The van der Waals surface area contributed by atoms with Gasteiger partial charge in [-0.1, -0.05) is 33.3 Å². The van der Waals surface area contributed by atoms with Crippen LogP contribution in [0.4, 0.5) is 0 Å². The van der Waals surface area contributed by atoms with E-state index in [9.17, 15) is 4.79 Å². The summed E-state index contributed by atoms with van der Waals surface area (Å²) in [5.41, 5.74) is 0. The molecule has 0 aromatic carbocycles. The number of rotatable bonds is 9. The minimum absolute atomic E-state index is 0.00968. The standard InChI is InChI=1S/C14H24O3/c1-4-7-8-11(5-2)13(9-12-10-16-12)17-14(15)6-3/h6,11-13H,3-5,7-10H2,1-2H3. The van der Waals surface area contributed by atoms with Crippen LogP contribution in [-0.2, 0) is 14.3 Å². The van der Waals surface area contributed by atoms with E-state index in [0.29, 0.717) is 12.0 Å². The van der Waals surface area contributed by atoms with Gasteiger partial charge in [-0.05, 0) is 18.8 Å². The Kier molecular flexibility index (Phi) is 6.27. The van der Waals surface area contributed by atoms with Crippen molar-refractivity contribution in [1.82, 2.24) is 0 Å². The maximum absolute atomic E-state index is 11.3. The summed E-state index contributed by atoms with van der Waals surface area (Å²) in [6, 6.07) is 0. The Morgan fingerprint density at radius 2 is 2.29 bits per heavy atom. The molecule has 17 heavy (non-hydrogen) atoms. The zero-order valence-electron chi connectivity index (χ0n) is 11.0. The Morgan fingerprint density at radius 3 is 2.76 bits per heavy atom. The van der Waals surface area contributed by atoms with Gasteiger partial charge < -0.3 is 9.47 Å². The fraction of sp³-hybridized carbons (Fsp3) is 0.786. The maximum Gasteiger partial charge on any atom is 0.330 e. The summed E-state index contributed by atoms with van der Waals surface area (Å²) in [6.07, 6.45) is 6.90. The first kappa shape index (κ1) is 14.2. The normalized spacial score (nSPS) is 21.6. The zero-order chi connectivity index (χ0) is 12.7. The van der Waals surface area contributed by atoms with Gasteiger partial charge in [0, 0.05) is 12.5 Å². The van der Waals surface area contributed by atoms with E-state index in [-0.39, 0.29) is 12.1 Å². The quantitative estimate of drug-likeness (QED) is 0.353. The lowest BCUT2D eigenvalue weighted by Gasteiger charge is -2.25. The van der Waals surface area contributed by atoms with Gasteiger partial charge in [0.25, 0.3) is 0 Å². The Bertz CT molecular complexity index is 246. The molecule has 0 N–H and O–H groups in total. The fourth-order valence-corrected chi connectivity index (χ4v) is 2.12. The van der Waals surface area contributed by atoms with Crippen molar-refractivity contribution in [2.45, 2.75) is 58.2 Å². The number of epoxide rings is 1. The van der Waals surface area contributed by atoms with Gasteiger partial charge in [-0.2, -0.15) is 0 Å². The molecule has 1 rings (SSSR count). The van der Waals surface area contributed by atoms with Crippen molar-refractivity contribution in [2.75, 3.05) is 6.61 Å². The van der Waals surface area contributed by atoms with E-state index in [4.69, 9.17) is 9.47 Å². The Balaban J connectivity index is 2.50. The summed E-state index contributed by atoms with van der Waals surface area (Å²) in [7, 11) is 0. The first-order valence-electron chi connectivity index (χ1n) is 6.65. The second kappa shape index (κ2) is 7.49. The summed E-state index contributed by atoms with van der Waals surface area (Å²) >= 11 is 0. The van der Waals surface area contributed by atoms with Crippen molar-refractivity contribution in [1.29, 1.82) is 0 Å². The molecule has 1 fully saturated rings. The van der Waals surface area contributed by atoms with Crippen molar-refractivity contribution in [3.63, 3.8) is 0 Å². The van der Waals surface area contributed by atoms with Gasteiger partial charge in [0.15, 0.2) is 0 Å². The second-order valence-electron chi connectivity index (χ2n) is 4.68. The first-order chi connectivity index (χ1) is 8.21. The smallest absolute Gasteiger partial charge is 0.330 e. The molecule has 0 saturated carbocycles. The minimum Gasteiger partial charge on any atom is -0.459 e. The van der Waals surface area contributed by atoms with Crippen molar-refractivity contribution >= 4 is 5.97 Å². The lowest BCUT2D eigenvalue weighted by Crippen LogP contribution is -2.27. The zero-order valence-corrected chi connectivity index (χ0v) is 11.0. The molecule has 3 heteroatoms. The van der Waals surface area contributed by atoms with E-state index in [1.54, 1.807) is 0 Å². The van der Waals surface area contributed by atoms with Crippen LogP contribution in [0.1, 0.15) is 46.0 Å². The Labute approximate surface area is 104 Å². The Morgan fingerprint density at radius 1 is 1.59 bits per heavy atom. The number of carbonyl (C=O) groups is 1. The van der Waals surface area contributed by atoms with E-state index >= 15 is 0 Å². The highest BCUT2D eigenvalue weighted by Gasteiger charge is 2.32. The molecule has 0 spiro atoms. The molecular formula is C14H24O3. The molecule has 1 saturated heterocycles. The van der Waals surface area contributed by atoms with Crippen LogP contribution >= 0.6 is 0 Å². The molecule has 0 aromatic heterocycles. The molecule has 0 bridgehead atoms. The summed E-state index contributed by atoms with van der Waals surface area (Å²) in [6.45, 7) is 8.60. The molecule has 0 radical (unpaired) electrons. The van der Waals surface area contributed by atoms with Gasteiger partial charge in [0.2, 0.25) is 0 Å². The van der Waals surface area contributed by atoms with E-state index in [1.165, 1.54) is 18.9 Å². The monoisotopic (exact) mass is 240 g/mol. The van der Waals surface area contributed by atoms with Crippen molar-refractivity contribution in [3.8, 4) is 0 Å². The fourth-order valence-electron chi connectivity index (χ4n) is 2.12. The number of unbranched alkanes of at least 4 members (excludes halogenated alkanes) is 1. The lowest BCUT2D eigenvalue weighted by molar-refractivity contribution is -0.146. The predicted molar refractivity (Wildman–Crippen MR) is 67.7 cm³/mol. The molecule has 0 amide bonds. The van der Waals surface area contributed by atoms with Gasteiger partial charge in [-0.25, -0.2) is 4.79 Å². The van der Waals surface area contributed by atoms with Crippen LogP contribution in [0.5, 0.6) is 0 Å². The van der Waals surface area contributed by atoms with Crippen molar-refractivity contribution in [3.05, 3.63) is 12.7 Å². The third-order valence-corrected chi connectivity index (χ3v) is 3.31. The highest BCUT2D eigenvalue weighted by Crippen LogP contribution is 2.27. The van der Waals surface area contributed by atoms with Crippen LogP contribution in [0, 0.1) is 5.92 Å². The molecule has 98 valence electrons. The average Bonchev–Trinajstić information content (AvgIpc) is 3.13. The third kappa shape index (κ3) is 5.35. The topological polar surface area (TPSA) is 38.8 Å². The van der Waals surface area contributed by atoms with Crippen LogP contribution < -0.4 is 0 Å². The molecule has 0 aliphatic carbocycles. The minimum atomic E-state index is -0.314. The lowest BCUT2D eigenvalue weighted by atomic mass is 9.90. The predicted octanol–water partition coefficient (Wildman–Crippen LogP) is 3.09. The third-order valence-electron chi connectivity index (χ3n) is 3.31. The van der Waals surface area contributed by atoms with Gasteiger partial charge in [0.05, 0.1) is 12.7 Å². The van der Waals surface area contributed by atoms with Crippen LogP contribution in [0.2, 0.25) is 0 Å². The SMILES string of the molecule is C=CC(=O)OC(CC1CO1)C(CC)CCCC. The van der Waals surface area contributed by atoms with Crippen LogP contribution in [-0.4, -0.2) is 24.8 Å². The van der Waals surface area contributed by atoms with E-state index in [2.05, 4.69) is 20.4 Å². The molecule has 3 atom stereocenters. The van der Waals surface area contributed by atoms with Gasteiger partial charge in [-0.15, -0.1) is 0 Å². The highest BCUT2D eigenvalue weighted by molar-refractivity contribution is 5.81. The van der Waals surface area contributed by atoms with Crippen LogP contribution in [0.3, 0.4) is 0 Å². The number of carbonyl (C=O) groups excluding carboxylic acids is 1. The molecule has 1 aliphatic heterocycles. The maximum atomic E-state index is 11.3. The molecule has 3 nitrogen and oxygen atoms in total. The number of hydrogen-bond acceptors (Lipinski definition) is 3. The summed E-state index contributed by atoms with van der Waals surface area (Å²) in [5, 5.41) is 0. The van der Waals surface area contributed by atoms with Crippen LogP contribution in [0.15, 0.2) is 12.7 Å². The molecule has 0 aromatic rings. The van der Waals surface area contributed by atoms with Gasteiger partial charge in [-0.3, -0.25) is 0 Å². The summed E-state index contributed by atoms with van der Waals surface area (Å²) < 4.78 is 10.7. The van der Waals surface area contributed by atoms with E-state index in [0.717, 1.165) is 25.9 Å². The molecule has 3 unspecified atom stereocenters. The number of ether oxygens (including phenoxy) is 2. The second-order valence-corrected chi connectivity index (χ2v) is 4.68. The summed E-state index contributed by atoms with van der Waals surface area (Å²) in [5.74, 6) is 0.133. The Hall–Kier alpha value is -0.830. The number of hydrogen-bond donors (Lipinski definition) is 0. The largest absolute Gasteiger partial charge is 0.459 e. The highest BCUT2D eigenvalue weighted by atomic mass is 16.6. The number of esters is 1. The van der Waals surface area contributed by atoms with Gasteiger partial charge >= 0.3 is 5.97 Å². The van der Waals surface area contributed by atoms with E-state index < -0.39 is 0 Å². The van der Waals surface area contributed by atoms with Gasteiger partial charge in [0.1, 0.15) is 6.10 Å². The van der Waals surface area contributed by atoms with Crippen molar-refractivity contribution in [2.24, 2.45) is 5.92 Å². The van der Waals surface area contributed by atoms with E-state index in [1.807, 2.05) is 0 Å². The molecular weight excluding hydrogens is 216 g/mol. The summed E-state index contributed by atoms with van der Waals surface area (Å²) in [4.78, 5) is 11.3. The molecule has 1 aliphatic rings. The average molecular weight is 240 g/mol.